The highest BCUT2D eigenvalue weighted by Gasteiger charge is 2.55. The zero-order valence-electron chi connectivity index (χ0n) is 11.1. The Balaban J connectivity index is 2.05. The van der Waals surface area contributed by atoms with Crippen LogP contribution in [0.1, 0.15) is 17.5 Å². The molecule has 2 atom stereocenters. The molecule has 1 saturated carbocycles. The fourth-order valence-corrected chi connectivity index (χ4v) is 3.60. The molecule has 19 heavy (non-hydrogen) atoms. The average Bonchev–Trinajstić information content (AvgIpc) is 3.16. The number of rotatable bonds is 4. The van der Waals surface area contributed by atoms with Gasteiger partial charge in [0.15, 0.2) is 0 Å². The molecular formula is C17H18BrN. The molecule has 1 aliphatic rings. The van der Waals surface area contributed by atoms with Crippen molar-refractivity contribution in [2.24, 2.45) is 5.92 Å². The summed E-state index contributed by atoms with van der Waals surface area (Å²) in [7, 11) is 2.04. The maximum absolute atomic E-state index is 3.60. The molecule has 0 spiro atoms. The summed E-state index contributed by atoms with van der Waals surface area (Å²) in [6, 6.07) is 19.7. The molecule has 0 aromatic heterocycles. The maximum Gasteiger partial charge on any atom is 0.0247 e. The van der Waals surface area contributed by atoms with Gasteiger partial charge in [-0.1, -0.05) is 58.4 Å². The largest absolute Gasteiger partial charge is 0.319 e. The Hall–Kier alpha value is -1.12. The molecule has 1 aliphatic carbocycles. The Kier molecular flexibility index (Phi) is 3.46. The zero-order chi connectivity index (χ0) is 13.3. The Bertz CT molecular complexity index is 566. The number of nitrogens with one attached hydrogen (secondary N) is 1. The van der Waals surface area contributed by atoms with Gasteiger partial charge >= 0.3 is 0 Å². The van der Waals surface area contributed by atoms with Crippen LogP contribution in [0.4, 0.5) is 0 Å². The molecule has 2 unspecified atom stereocenters. The van der Waals surface area contributed by atoms with Crippen molar-refractivity contribution < 1.29 is 0 Å². The highest BCUT2D eigenvalue weighted by Crippen LogP contribution is 2.58. The molecule has 0 radical (unpaired) electrons. The van der Waals surface area contributed by atoms with Crippen molar-refractivity contribution in [3.05, 3.63) is 70.2 Å². The highest BCUT2D eigenvalue weighted by molar-refractivity contribution is 9.10. The van der Waals surface area contributed by atoms with Crippen molar-refractivity contribution in [1.29, 1.82) is 0 Å². The third kappa shape index (κ3) is 2.24. The van der Waals surface area contributed by atoms with Crippen molar-refractivity contribution in [2.45, 2.75) is 11.8 Å². The second-order valence-corrected chi connectivity index (χ2v) is 6.22. The summed E-state index contributed by atoms with van der Waals surface area (Å²) in [5.74, 6) is 0.689. The third-order valence-corrected chi connectivity index (χ3v) is 4.68. The van der Waals surface area contributed by atoms with Gasteiger partial charge in [0.05, 0.1) is 0 Å². The van der Waals surface area contributed by atoms with E-state index in [4.69, 9.17) is 0 Å². The Morgan fingerprint density at radius 2 is 1.84 bits per heavy atom. The van der Waals surface area contributed by atoms with E-state index in [1.807, 2.05) is 7.05 Å². The molecule has 1 nitrogen and oxygen atoms in total. The fraction of sp³-hybridized carbons (Fsp3) is 0.294. The first kappa shape index (κ1) is 12.9. The van der Waals surface area contributed by atoms with E-state index in [9.17, 15) is 0 Å². The summed E-state index contributed by atoms with van der Waals surface area (Å²) in [5.41, 5.74) is 3.07. The molecule has 1 N–H and O–H groups in total. The number of benzene rings is 2. The van der Waals surface area contributed by atoms with Crippen LogP contribution in [0.3, 0.4) is 0 Å². The van der Waals surface area contributed by atoms with Crippen LogP contribution in [0.25, 0.3) is 0 Å². The maximum atomic E-state index is 3.60. The second-order valence-electron chi connectivity index (χ2n) is 5.31. The summed E-state index contributed by atoms with van der Waals surface area (Å²) in [6.45, 7) is 1.07. The summed E-state index contributed by atoms with van der Waals surface area (Å²) in [4.78, 5) is 0. The average molecular weight is 316 g/mol. The van der Waals surface area contributed by atoms with Gasteiger partial charge in [0.25, 0.3) is 0 Å². The molecule has 0 heterocycles. The standard InChI is InChI=1S/C17H18BrN/c1-19-12-15-11-17(15,13-6-3-2-4-7-13)14-8-5-9-16(18)10-14/h2-10,15,19H,11-12H2,1H3. The third-order valence-electron chi connectivity index (χ3n) is 4.18. The number of hydrogen-bond donors (Lipinski definition) is 1. The van der Waals surface area contributed by atoms with E-state index in [1.54, 1.807) is 0 Å². The molecule has 1 fully saturated rings. The minimum atomic E-state index is 0.202. The van der Waals surface area contributed by atoms with Crippen LogP contribution in [0.15, 0.2) is 59.1 Å². The summed E-state index contributed by atoms with van der Waals surface area (Å²) >= 11 is 3.60. The molecule has 98 valence electrons. The van der Waals surface area contributed by atoms with Crippen molar-refractivity contribution in [3.63, 3.8) is 0 Å². The molecule has 0 bridgehead atoms. The van der Waals surface area contributed by atoms with Crippen molar-refractivity contribution in [2.75, 3.05) is 13.6 Å². The van der Waals surface area contributed by atoms with E-state index in [0.29, 0.717) is 5.92 Å². The number of halogens is 1. The van der Waals surface area contributed by atoms with Gasteiger partial charge in [0.2, 0.25) is 0 Å². The normalized spacial score (nSPS) is 25.3. The van der Waals surface area contributed by atoms with Crippen LogP contribution in [-0.4, -0.2) is 13.6 Å². The van der Waals surface area contributed by atoms with Crippen molar-refractivity contribution >= 4 is 15.9 Å². The first-order valence-electron chi connectivity index (χ1n) is 6.73. The van der Waals surface area contributed by atoms with Crippen LogP contribution in [0.2, 0.25) is 0 Å². The van der Waals surface area contributed by atoms with E-state index < -0.39 is 0 Å². The predicted molar refractivity (Wildman–Crippen MR) is 83.4 cm³/mol. The van der Waals surface area contributed by atoms with E-state index in [1.165, 1.54) is 17.5 Å². The van der Waals surface area contributed by atoms with Gasteiger partial charge in [0.1, 0.15) is 0 Å². The van der Waals surface area contributed by atoms with Gasteiger partial charge in [-0.2, -0.15) is 0 Å². The zero-order valence-corrected chi connectivity index (χ0v) is 12.7. The minimum absolute atomic E-state index is 0.202. The summed E-state index contributed by atoms with van der Waals surface area (Å²) in [6.07, 6.45) is 1.23. The van der Waals surface area contributed by atoms with Crippen LogP contribution in [0.5, 0.6) is 0 Å². The van der Waals surface area contributed by atoms with Gasteiger partial charge < -0.3 is 5.32 Å². The molecule has 2 aromatic rings. The van der Waals surface area contributed by atoms with Crippen molar-refractivity contribution in [1.82, 2.24) is 5.32 Å². The van der Waals surface area contributed by atoms with E-state index in [0.717, 1.165) is 11.0 Å². The predicted octanol–water partition coefficient (Wildman–Crippen LogP) is 3.97. The topological polar surface area (TPSA) is 12.0 Å². The first-order chi connectivity index (χ1) is 9.27. The van der Waals surface area contributed by atoms with E-state index in [-0.39, 0.29) is 5.41 Å². The molecule has 3 rings (SSSR count). The van der Waals surface area contributed by atoms with Crippen LogP contribution >= 0.6 is 15.9 Å². The molecule has 2 heteroatoms. The SMILES string of the molecule is CNCC1CC1(c1ccccc1)c1cccc(Br)c1. The summed E-state index contributed by atoms with van der Waals surface area (Å²) in [5, 5.41) is 3.33. The molecule has 0 saturated heterocycles. The quantitative estimate of drug-likeness (QED) is 0.900. The Labute approximate surface area is 123 Å². The van der Waals surface area contributed by atoms with Crippen LogP contribution in [-0.2, 0) is 5.41 Å². The van der Waals surface area contributed by atoms with Gasteiger partial charge in [-0.15, -0.1) is 0 Å². The lowest BCUT2D eigenvalue weighted by Crippen LogP contribution is -2.19. The first-order valence-corrected chi connectivity index (χ1v) is 7.53. The molecule has 0 amide bonds. The van der Waals surface area contributed by atoms with Gasteiger partial charge in [-0.3, -0.25) is 0 Å². The highest BCUT2D eigenvalue weighted by atomic mass is 79.9. The molecule has 0 aliphatic heterocycles. The Morgan fingerprint density at radius 3 is 2.53 bits per heavy atom. The second kappa shape index (κ2) is 5.10. The minimum Gasteiger partial charge on any atom is -0.319 e. The fourth-order valence-electron chi connectivity index (χ4n) is 3.20. The van der Waals surface area contributed by atoms with Crippen molar-refractivity contribution in [3.8, 4) is 0 Å². The van der Waals surface area contributed by atoms with E-state index in [2.05, 4.69) is 75.8 Å². The monoisotopic (exact) mass is 315 g/mol. The lowest BCUT2D eigenvalue weighted by molar-refractivity contribution is 0.641. The van der Waals surface area contributed by atoms with Gasteiger partial charge in [0, 0.05) is 9.89 Å². The Morgan fingerprint density at radius 1 is 1.11 bits per heavy atom. The molecular weight excluding hydrogens is 298 g/mol. The van der Waals surface area contributed by atoms with Gasteiger partial charge in [-0.05, 0) is 49.2 Å². The molecule has 2 aromatic carbocycles. The van der Waals surface area contributed by atoms with Crippen LogP contribution < -0.4 is 5.32 Å². The lowest BCUT2D eigenvalue weighted by atomic mass is 9.86. The lowest BCUT2D eigenvalue weighted by Gasteiger charge is -2.19. The van der Waals surface area contributed by atoms with E-state index >= 15 is 0 Å². The smallest absolute Gasteiger partial charge is 0.0247 e. The summed E-state index contributed by atoms with van der Waals surface area (Å²) < 4.78 is 1.16. The van der Waals surface area contributed by atoms with Gasteiger partial charge in [-0.25, -0.2) is 0 Å². The number of hydrogen-bond acceptors (Lipinski definition) is 1. The van der Waals surface area contributed by atoms with Crippen LogP contribution in [0, 0.1) is 5.92 Å².